The molecule has 0 spiro atoms. The van der Waals surface area contributed by atoms with Crippen LogP contribution in [0.5, 0.6) is 0 Å². The smallest absolute Gasteiger partial charge is 0.0533 e. The molecule has 0 saturated heterocycles. The van der Waals surface area contributed by atoms with Gasteiger partial charge in [-0.05, 0) is 0 Å². The minimum atomic E-state index is 0. The Hall–Kier alpha value is 0.688. The van der Waals surface area contributed by atoms with Gasteiger partial charge in [0, 0.05) is 0 Å². The summed E-state index contributed by atoms with van der Waals surface area (Å²) in [5, 5.41) is 0. The van der Waals surface area contributed by atoms with E-state index in [0.717, 1.165) is 0 Å². The van der Waals surface area contributed by atoms with E-state index < -0.39 is 0 Å². The van der Waals surface area contributed by atoms with Crippen molar-refractivity contribution in [3.63, 3.8) is 0 Å². The molecule has 1 saturated carbocycles. The van der Waals surface area contributed by atoms with Crippen LogP contribution in [0, 0.1) is 0 Å². The van der Waals surface area contributed by atoms with E-state index in [9.17, 15) is 0 Å². The van der Waals surface area contributed by atoms with Gasteiger partial charge in [-0.15, -0.1) is 0 Å². The van der Waals surface area contributed by atoms with E-state index in [1.54, 1.807) is 0 Å². The molecule has 0 aromatic heterocycles. The third-order valence-electron chi connectivity index (χ3n) is 0.354. The maximum atomic E-state index is 1.50. The maximum absolute atomic E-state index is 1.50. The van der Waals surface area contributed by atoms with Crippen molar-refractivity contribution >= 4 is 0 Å². The van der Waals surface area contributed by atoms with Gasteiger partial charge >= 0.3 is 21.1 Å². The molecule has 1 aliphatic carbocycles. The zero-order valence-corrected chi connectivity index (χ0v) is 4.71. The summed E-state index contributed by atoms with van der Waals surface area (Å²) in [5.74, 6) is 0. The minimum Gasteiger partial charge on any atom is -0.0533 e. The van der Waals surface area contributed by atoms with Gasteiger partial charge in [-0.25, -0.2) is 0 Å². The van der Waals surface area contributed by atoms with Gasteiger partial charge in [0.15, 0.2) is 0 Å². The summed E-state index contributed by atoms with van der Waals surface area (Å²) in [4.78, 5) is 0. The third kappa shape index (κ3) is 2.69. The molecule has 1 heteroatoms. The summed E-state index contributed by atoms with van der Waals surface area (Å²) in [6, 6.07) is 0. The third-order valence-corrected chi connectivity index (χ3v) is 0.354. The van der Waals surface area contributed by atoms with Crippen molar-refractivity contribution in [3.8, 4) is 0 Å². The standard InChI is InChI=1S/C3H6.Pt/c1-2-3-1;/h1-3H2;/q;+2. The van der Waals surface area contributed by atoms with Gasteiger partial charge in [0.25, 0.3) is 0 Å². The van der Waals surface area contributed by atoms with Gasteiger partial charge in [-0.3, -0.25) is 0 Å². The zero-order chi connectivity index (χ0) is 2.12. The van der Waals surface area contributed by atoms with Crippen LogP contribution in [0.4, 0.5) is 0 Å². The van der Waals surface area contributed by atoms with Crippen molar-refractivity contribution in [2.75, 3.05) is 0 Å². The van der Waals surface area contributed by atoms with E-state index >= 15 is 0 Å². The Morgan fingerprint density at radius 1 is 0.750 bits per heavy atom. The monoisotopic (exact) mass is 237 g/mol. The van der Waals surface area contributed by atoms with Crippen LogP contribution in [0.1, 0.15) is 19.3 Å². The van der Waals surface area contributed by atoms with Gasteiger partial charge in [0.05, 0.1) is 0 Å². The predicted octanol–water partition coefficient (Wildman–Crippen LogP) is 1.17. The van der Waals surface area contributed by atoms with Crippen molar-refractivity contribution in [1.29, 1.82) is 0 Å². The number of hydrogen-bond donors (Lipinski definition) is 0. The molecule has 1 fully saturated rings. The average Bonchev–Trinajstić information content (AvgIpc) is 1.46. The van der Waals surface area contributed by atoms with Gasteiger partial charge in [0.1, 0.15) is 0 Å². The van der Waals surface area contributed by atoms with E-state index in [1.165, 1.54) is 19.3 Å². The summed E-state index contributed by atoms with van der Waals surface area (Å²) in [6.45, 7) is 0. The molecular formula is C3H6Pt+2. The van der Waals surface area contributed by atoms with E-state index in [1.807, 2.05) is 0 Å². The molecule has 0 aromatic carbocycles. The Kier molecular flexibility index (Phi) is 2.30. The second kappa shape index (κ2) is 1.96. The fourth-order valence-corrected chi connectivity index (χ4v) is 0. The summed E-state index contributed by atoms with van der Waals surface area (Å²) in [7, 11) is 0. The molecule has 26 valence electrons. The molecule has 0 aliphatic heterocycles. The van der Waals surface area contributed by atoms with Crippen molar-refractivity contribution in [1.82, 2.24) is 0 Å². The van der Waals surface area contributed by atoms with E-state index in [-0.39, 0.29) is 21.1 Å². The number of rotatable bonds is 0. The van der Waals surface area contributed by atoms with E-state index in [4.69, 9.17) is 0 Å². The van der Waals surface area contributed by atoms with Crippen LogP contribution >= 0.6 is 0 Å². The fourth-order valence-electron chi connectivity index (χ4n) is 0. The zero-order valence-electron chi connectivity index (χ0n) is 2.44. The molecule has 1 aliphatic rings. The van der Waals surface area contributed by atoms with Crippen LogP contribution in [0.3, 0.4) is 0 Å². The van der Waals surface area contributed by atoms with Crippen molar-refractivity contribution in [2.45, 2.75) is 19.3 Å². The van der Waals surface area contributed by atoms with Crippen molar-refractivity contribution in [2.24, 2.45) is 0 Å². The van der Waals surface area contributed by atoms with Gasteiger partial charge in [-0.2, -0.15) is 0 Å². The van der Waals surface area contributed by atoms with Gasteiger partial charge in [0.2, 0.25) is 0 Å². The topological polar surface area (TPSA) is 0 Å². The van der Waals surface area contributed by atoms with Gasteiger partial charge in [-0.1, -0.05) is 19.3 Å². The van der Waals surface area contributed by atoms with Crippen LogP contribution in [-0.2, 0) is 21.1 Å². The van der Waals surface area contributed by atoms with Crippen LogP contribution < -0.4 is 0 Å². The summed E-state index contributed by atoms with van der Waals surface area (Å²) in [6.07, 6.45) is 4.50. The quantitative estimate of drug-likeness (QED) is 0.593. The van der Waals surface area contributed by atoms with Gasteiger partial charge < -0.3 is 0 Å². The first-order chi connectivity index (χ1) is 1.50. The molecule has 0 amide bonds. The second-order valence-corrected chi connectivity index (χ2v) is 1.06. The molecule has 4 heavy (non-hydrogen) atoms. The molecular weight excluding hydrogens is 231 g/mol. The first kappa shape index (κ1) is 4.69. The molecule has 0 radical (unpaired) electrons. The summed E-state index contributed by atoms with van der Waals surface area (Å²) in [5.41, 5.74) is 0. The molecule has 0 unspecified atom stereocenters. The molecule has 0 bridgehead atoms. The average molecular weight is 237 g/mol. The molecule has 0 aromatic rings. The summed E-state index contributed by atoms with van der Waals surface area (Å²) < 4.78 is 0. The Morgan fingerprint density at radius 3 is 1.00 bits per heavy atom. The van der Waals surface area contributed by atoms with Crippen LogP contribution in [0.2, 0.25) is 0 Å². The van der Waals surface area contributed by atoms with Crippen LogP contribution in [-0.4, -0.2) is 0 Å². The molecule has 1 rings (SSSR count). The van der Waals surface area contributed by atoms with E-state index in [2.05, 4.69) is 0 Å². The van der Waals surface area contributed by atoms with Crippen molar-refractivity contribution < 1.29 is 21.1 Å². The first-order valence-electron chi connectivity index (χ1n) is 1.50. The predicted molar refractivity (Wildman–Crippen MR) is 13.9 cm³/mol. The first-order valence-corrected chi connectivity index (χ1v) is 1.50. The maximum Gasteiger partial charge on any atom is 2.00 e. The Labute approximate surface area is 40.9 Å². The normalized spacial score (nSPS) is 18.0. The Balaban J connectivity index is 0.0000000900. The van der Waals surface area contributed by atoms with Crippen LogP contribution in [0.15, 0.2) is 0 Å². The SMILES string of the molecule is C1CC1.[Pt+2]. The molecule has 0 nitrogen and oxygen atoms in total. The second-order valence-electron chi connectivity index (χ2n) is 1.06. The molecule has 0 N–H and O–H groups in total. The fraction of sp³-hybridized carbons (Fsp3) is 1.00. The number of hydrogen-bond acceptors (Lipinski definition) is 0. The largest absolute Gasteiger partial charge is 2.00 e. The van der Waals surface area contributed by atoms with Crippen molar-refractivity contribution in [3.05, 3.63) is 0 Å². The summed E-state index contributed by atoms with van der Waals surface area (Å²) >= 11 is 0. The van der Waals surface area contributed by atoms with Crippen LogP contribution in [0.25, 0.3) is 0 Å². The Morgan fingerprint density at radius 2 is 1.00 bits per heavy atom. The minimum absolute atomic E-state index is 0. The molecule has 0 atom stereocenters. The Bertz CT molecular complexity index is 8.00. The van der Waals surface area contributed by atoms with E-state index in [0.29, 0.717) is 0 Å². The molecule has 0 heterocycles.